The van der Waals surface area contributed by atoms with Crippen LogP contribution in [-0.2, 0) is 4.79 Å². The van der Waals surface area contributed by atoms with Gasteiger partial charge in [0.1, 0.15) is 12.6 Å². The number of aliphatic imine (C=N–C) groups is 1. The zero-order valence-corrected chi connectivity index (χ0v) is 19.2. The predicted octanol–water partition coefficient (Wildman–Crippen LogP) is 3.17. The first kappa shape index (κ1) is 24.5. The molecule has 0 bridgehead atoms. The summed E-state index contributed by atoms with van der Waals surface area (Å²) >= 11 is 0. The largest absolute Gasteiger partial charge is 0.486 e. The Morgan fingerprint density at radius 2 is 2.00 bits per heavy atom. The Labute approximate surface area is 184 Å². The molecule has 0 saturated heterocycles. The van der Waals surface area contributed by atoms with Crippen LogP contribution in [0.1, 0.15) is 39.0 Å². The molecule has 1 atom stereocenters. The van der Waals surface area contributed by atoms with E-state index in [1.807, 2.05) is 6.92 Å². The molecule has 8 heteroatoms. The first-order chi connectivity index (χ1) is 13.0. The first-order valence-corrected chi connectivity index (χ1v) is 9.65. The summed E-state index contributed by atoms with van der Waals surface area (Å²) in [7, 11) is 3.43. The molecule has 2 N–H and O–H groups in total. The molecule has 6 nitrogen and oxygen atoms in total. The van der Waals surface area contributed by atoms with Crippen molar-refractivity contribution in [3.8, 4) is 5.75 Å². The highest BCUT2D eigenvalue weighted by Crippen LogP contribution is 2.18. The maximum atomic E-state index is 13.8. The molecule has 1 aliphatic carbocycles. The van der Waals surface area contributed by atoms with E-state index < -0.39 is 0 Å². The molecule has 0 heterocycles. The average molecular weight is 506 g/mol. The molecule has 1 aromatic carbocycles. The van der Waals surface area contributed by atoms with E-state index in [4.69, 9.17) is 4.74 Å². The average Bonchev–Trinajstić information content (AvgIpc) is 3.16. The fraction of sp³-hybridized carbons (Fsp3) is 0.600. The third-order valence-electron chi connectivity index (χ3n) is 4.65. The lowest BCUT2D eigenvalue weighted by Crippen LogP contribution is -2.46. The number of carbonyl (C=O) groups is 1. The Morgan fingerprint density at radius 3 is 2.61 bits per heavy atom. The van der Waals surface area contributed by atoms with Gasteiger partial charge in [-0.2, -0.15) is 0 Å². The second-order valence-corrected chi connectivity index (χ2v) is 7.04. The SMILES string of the molecule is CCC(CNC(=NCC(=O)N(C)C)NC1CCCC1)Oc1ccccc1F.I. The third kappa shape index (κ3) is 8.20. The van der Waals surface area contributed by atoms with Gasteiger partial charge in [0.05, 0.1) is 6.54 Å². The van der Waals surface area contributed by atoms with Crippen LogP contribution in [0.5, 0.6) is 5.75 Å². The summed E-state index contributed by atoms with van der Waals surface area (Å²) < 4.78 is 19.6. The number of benzene rings is 1. The quantitative estimate of drug-likeness (QED) is 0.323. The number of nitrogens with zero attached hydrogens (tertiary/aromatic N) is 2. The highest BCUT2D eigenvalue weighted by Gasteiger charge is 2.18. The fourth-order valence-corrected chi connectivity index (χ4v) is 2.90. The number of para-hydroxylation sites is 1. The van der Waals surface area contributed by atoms with Gasteiger partial charge in [-0.15, -0.1) is 24.0 Å². The third-order valence-corrected chi connectivity index (χ3v) is 4.65. The highest BCUT2D eigenvalue weighted by atomic mass is 127. The van der Waals surface area contributed by atoms with Crippen LogP contribution in [0.15, 0.2) is 29.3 Å². The standard InChI is InChI=1S/C20H31FN4O2.HI/c1-4-16(27-18-12-8-7-11-17(18)21)13-22-20(23-14-19(26)25(2)3)24-15-9-5-6-10-15;/h7-8,11-12,15-16H,4-6,9-10,13-14H2,1-3H3,(H2,22,23,24);1H. The number of hydrogen-bond donors (Lipinski definition) is 2. The van der Waals surface area contributed by atoms with E-state index in [9.17, 15) is 9.18 Å². The minimum Gasteiger partial charge on any atom is -0.486 e. The van der Waals surface area contributed by atoms with Gasteiger partial charge in [0.15, 0.2) is 17.5 Å². The number of likely N-dealkylation sites (N-methyl/N-ethyl adjacent to an activating group) is 1. The molecule has 0 spiro atoms. The molecule has 1 aliphatic rings. The molecule has 0 radical (unpaired) electrons. The summed E-state index contributed by atoms with van der Waals surface area (Å²) in [5.74, 6) is 0.423. The first-order valence-electron chi connectivity index (χ1n) is 9.65. The lowest BCUT2D eigenvalue weighted by Gasteiger charge is -2.22. The Kier molecular flexibility index (Phi) is 11.2. The molecular formula is C20H32FIN4O2. The van der Waals surface area contributed by atoms with Gasteiger partial charge in [-0.1, -0.05) is 31.9 Å². The second-order valence-electron chi connectivity index (χ2n) is 7.04. The molecular weight excluding hydrogens is 474 g/mol. The normalized spacial score (nSPS) is 15.5. The van der Waals surface area contributed by atoms with E-state index in [0.29, 0.717) is 25.0 Å². The summed E-state index contributed by atoms with van der Waals surface area (Å²) in [6.07, 6.45) is 5.12. The van der Waals surface area contributed by atoms with Gasteiger partial charge >= 0.3 is 0 Å². The van der Waals surface area contributed by atoms with Crippen molar-refractivity contribution >= 4 is 35.8 Å². The summed E-state index contributed by atoms with van der Waals surface area (Å²) in [5.41, 5.74) is 0. The number of ether oxygens (including phenoxy) is 1. The summed E-state index contributed by atoms with van der Waals surface area (Å²) in [6, 6.07) is 6.77. The van der Waals surface area contributed by atoms with Gasteiger partial charge in [0.2, 0.25) is 5.91 Å². The molecule has 1 aromatic rings. The maximum absolute atomic E-state index is 13.8. The molecule has 2 rings (SSSR count). The number of halogens is 2. The van der Waals surface area contributed by atoms with E-state index in [-0.39, 0.29) is 54.1 Å². The minimum atomic E-state index is -0.370. The van der Waals surface area contributed by atoms with Gasteiger partial charge in [-0.3, -0.25) is 4.79 Å². The van der Waals surface area contributed by atoms with Crippen molar-refractivity contribution < 1.29 is 13.9 Å². The summed E-state index contributed by atoms with van der Waals surface area (Å²) in [5, 5.41) is 6.66. The Hall–Kier alpha value is -1.58. The van der Waals surface area contributed by atoms with Crippen LogP contribution in [-0.4, -0.2) is 56.1 Å². The van der Waals surface area contributed by atoms with Crippen molar-refractivity contribution in [2.24, 2.45) is 4.99 Å². The van der Waals surface area contributed by atoms with E-state index in [1.165, 1.54) is 23.8 Å². The van der Waals surface area contributed by atoms with Crippen LogP contribution >= 0.6 is 24.0 Å². The Balaban J connectivity index is 0.00000392. The minimum absolute atomic E-state index is 0. The number of hydrogen-bond acceptors (Lipinski definition) is 3. The van der Waals surface area contributed by atoms with Gasteiger partial charge in [0, 0.05) is 20.1 Å². The Morgan fingerprint density at radius 1 is 1.32 bits per heavy atom. The number of carbonyl (C=O) groups excluding carboxylic acids is 1. The summed E-state index contributed by atoms with van der Waals surface area (Å²) in [6.45, 7) is 2.55. The monoisotopic (exact) mass is 506 g/mol. The number of guanidine groups is 1. The van der Waals surface area contributed by atoms with E-state index >= 15 is 0 Å². The molecule has 1 fully saturated rings. The molecule has 1 unspecified atom stereocenters. The van der Waals surface area contributed by atoms with E-state index in [0.717, 1.165) is 12.8 Å². The Bertz CT molecular complexity index is 636. The molecule has 0 aliphatic heterocycles. The fourth-order valence-electron chi connectivity index (χ4n) is 2.90. The molecule has 1 amide bonds. The van der Waals surface area contributed by atoms with Gasteiger partial charge < -0.3 is 20.3 Å². The van der Waals surface area contributed by atoms with Crippen molar-refractivity contribution in [2.45, 2.75) is 51.2 Å². The smallest absolute Gasteiger partial charge is 0.243 e. The van der Waals surface area contributed by atoms with Crippen LogP contribution in [0.25, 0.3) is 0 Å². The number of amides is 1. The highest BCUT2D eigenvalue weighted by molar-refractivity contribution is 14.0. The van der Waals surface area contributed by atoms with Crippen LogP contribution < -0.4 is 15.4 Å². The van der Waals surface area contributed by atoms with Crippen LogP contribution in [0.4, 0.5) is 4.39 Å². The summed E-state index contributed by atoms with van der Waals surface area (Å²) in [4.78, 5) is 17.8. The number of rotatable bonds is 8. The molecule has 28 heavy (non-hydrogen) atoms. The predicted molar refractivity (Wildman–Crippen MR) is 121 cm³/mol. The van der Waals surface area contributed by atoms with Crippen molar-refractivity contribution in [2.75, 3.05) is 27.2 Å². The topological polar surface area (TPSA) is 66.0 Å². The van der Waals surface area contributed by atoms with Crippen molar-refractivity contribution in [3.63, 3.8) is 0 Å². The number of nitrogens with one attached hydrogen (secondary N) is 2. The second kappa shape index (κ2) is 12.8. The van der Waals surface area contributed by atoms with Crippen LogP contribution in [0, 0.1) is 5.82 Å². The molecule has 1 saturated carbocycles. The molecule has 0 aromatic heterocycles. The zero-order chi connectivity index (χ0) is 19.6. The van der Waals surface area contributed by atoms with Crippen molar-refractivity contribution in [3.05, 3.63) is 30.1 Å². The van der Waals surface area contributed by atoms with E-state index in [2.05, 4.69) is 15.6 Å². The molecule has 158 valence electrons. The lowest BCUT2D eigenvalue weighted by atomic mass is 10.2. The van der Waals surface area contributed by atoms with Gasteiger partial charge in [-0.05, 0) is 31.4 Å². The van der Waals surface area contributed by atoms with Gasteiger partial charge in [-0.25, -0.2) is 9.38 Å². The maximum Gasteiger partial charge on any atom is 0.243 e. The zero-order valence-electron chi connectivity index (χ0n) is 16.9. The van der Waals surface area contributed by atoms with Crippen LogP contribution in [0.3, 0.4) is 0 Å². The van der Waals surface area contributed by atoms with Crippen molar-refractivity contribution in [1.29, 1.82) is 0 Å². The van der Waals surface area contributed by atoms with Gasteiger partial charge in [0.25, 0.3) is 0 Å². The lowest BCUT2D eigenvalue weighted by molar-refractivity contribution is -0.127. The van der Waals surface area contributed by atoms with Crippen LogP contribution in [0.2, 0.25) is 0 Å². The van der Waals surface area contributed by atoms with Crippen molar-refractivity contribution in [1.82, 2.24) is 15.5 Å². The van der Waals surface area contributed by atoms with E-state index in [1.54, 1.807) is 32.3 Å².